The minimum Gasteiger partial charge on any atom is -0.493 e. The Bertz CT molecular complexity index is 1280. The van der Waals surface area contributed by atoms with E-state index >= 15 is 0 Å². The number of amides is 2. The highest BCUT2D eigenvalue weighted by molar-refractivity contribution is 9.10. The Kier molecular flexibility index (Phi) is 4.27. The second-order valence-electron chi connectivity index (χ2n) is 5.92. The number of carbonyl (C=O) groups is 2. The van der Waals surface area contributed by atoms with Gasteiger partial charge in [-0.25, -0.2) is 12.7 Å². The molecule has 2 heterocycles. The van der Waals surface area contributed by atoms with Gasteiger partial charge in [0.25, 0.3) is 21.8 Å². The predicted octanol–water partition coefficient (Wildman–Crippen LogP) is 3.09. The van der Waals surface area contributed by atoms with Gasteiger partial charge >= 0.3 is 0 Å². The van der Waals surface area contributed by atoms with Crippen LogP contribution in [0.15, 0.2) is 62.1 Å². The first-order chi connectivity index (χ1) is 13.3. The molecule has 3 aromatic rings. The number of nitrogens with one attached hydrogen (secondary N) is 1. The minimum atomic E-state index is -4.11. The van der Waals surface area contributed by atoms with Crippen LogP contribution in [-0.4, -0.2) is 41.2 Å². The lowest BCUT2D eigenvalue weighted by Gasteiger charge is -2.11. The molecule has 0 bridgehead atoms. The standard InChI is InChI=1S/C17H11BrN4O5S/c18-9-5-6-12-11(7-9)15(16(24)19-12)21-20-14(23)8-22-17(25)10-3-1-2-4-13(10)28(22,26)27/h1-7,19,24H,8H2. The van der Waals surface area contributed by atoms with Crippen molar-refractivity contribution in [1.82, 2.24) is 9.29 Å². The quantitative estimate of drug-likeness (QED) is 0.576. The zero-order chi connectivity index (χ0) is 20.1. The van der Waals surface area contributed by atoms with Crippen molar-refractivity contribution in [2.45, 2.75) is 4.90 Å². The van der Waals surface area contributed by atoms with Crippen LogP contribution in [0.1, 0.15) is 10.4 Å². The normalized spacial score (nSPS) is 15.5. The van der Waals surface area contributed by atoms with Crippen LogP contribution in [-0.2, 0) is 14.8 Å². The molecular formula is C17H11BrN4O5S. The van der Waals surface area contributed by atoms with E-state index in [-0.39, 0.29) is 22.0 Å². The van der Waals surface area contributed by atoms with Gasteiger partial charge in [0.1, 0.15) is 11.4 Å². The topological polar surface area (TPSA) is 132 Å². The van der Waals surface area contributed by atoms with Crippen LogP contribution in [0.3, 0.4) is 0 Å². The Morgan fingerprint density at radius 3 is 2.71 bits per heavy atom. The van der Waals surface area contributed by atoms with Gasteiger partial charge in [0.05, 0.1) is 11.1 Å². The smallest absolute Gasteiger partial charge is 0.285 e. The highest BCUT2D eigenvalue weighted by Gasteiger charge is 2.41. The van der Waals surface area contributed by atoms with Crippen molar-refractivity contribution in [1.29, 1.82) is 0 Å². The van der Waals surface area contributed by atoms with Crippen LogP contribution >= 0.6 is 15.9 Å². The first kappa shape index (κ1) is 18.3. The minimum absolute atomic E-state index is 0.00589. The molecule has 9 nitrogen and oxygen atoms in total. The van der Waals surface area contributed by atoms with Gasteiger partial charge in [-0.15, -0.1) is 10.2 Å². The second-order valence-corrected chi connectivity index (χ2v) is 8.67. The molecule has 1 aromatic heterocycles. The van der Waals surface area contributed by atoms with Crippen LogP contribution in [0.5, 0.6) is 5.88 Å². The molecular weight excluding hydrogens is 452 g/mol. The lowest BCUT2D eigenvalue weighted by Crippen LogP contribution is -2.34. The second kappa shape index (κ2) is 6.53. The van der Waals surface area contributed by atoms with E-state index in [9.17, 15) is 23.1 Å². The molecule has 28 heavy (non-hydrogen) atoms. The van der Waals surface area contributed by atoms with E-state index in [2.05, 4.69) is 31.1 Å². The molecule has 0 saturated heterocycles. The number of H-pyrrole nitrogens is 1. The number of hydrogen-bond acceptors (Lipinski definition) is 6. The summed E-state index contributed by atoms with van der Waals surface area (Å²) in [4.78, 5) is 27.0. The number of nitrogens with zero attached hydrogens (tertiary/aromatic N) is 3. The van der Waals surface area contributed by atoms with Gasteiger partial charge in [-0.3, -0.25) is 9.59 Å². The summed E-state index contributed by atoms with van der Waals surface area (Å²) >= 11 is 3.30. The summed E-state index contributed by atoms with van der Waals surface area (Å²) in [6.07, 6.45) is 0. The van der Waals surface area contributed by atoms with Crippen molar-refractivity contribution >= 4 is 54.4 Å². The fraction of sp³-hybridized carbons (Fsp3) is 0.0588. The van der Waals surface area contributed by atoms with E-state index in [1.165, 1.54) is 24.3 Å². The largest absolute Gasteiger partial charge is 0.493 e. The van der Waals surface area contributed by atoms with Crippen molar-refractivity contribution in [3.05, 3.63) is 52.5 Å². The fourth-order valence-corrected chi connectivity index (χ4v) is 4.76. The third-order valence-corrected chi connectivity index (χ3v) is 6.45. The van der Waals surface area contributed by atoms with Gasteiger partial charge < -0.3 is 10.1 Å². The molecule has 0 radical (unpaired) electrons. The lowest BCUT2D eigenvalue weighted by atomic mass is 10.2. The third-order valence-electron chi connectivity index (χ3n) is 4.17. The number of benzene rings is 2. The molecule has 0 fully saturated rings. The molecule has 0 saturated carbocycles. The van der Waals surface area contributed by atoms with Crippen LogP contribution in [0.2, 0.25) is 0 Å². The number of rotatable bonds is 3. The van der Waals surface area contributed by atoms with Gasteiger partial charge in [-0.1, -0.05) is 28.1 Å². The number of aromatic hydroxyl groups is 1. The first-order valence-electron chi connectivity index (χ1n) is 7.90. The van der Waals surface area contributed by atoms with Crippen molar-refractivity contribution in [2.24, 2.45) is 10.2 Å². The van der Waals surface area contributed by atoms with Gasteiger partial charge in [0.15, 0.2) is 5.69 Å². The molecule has 0 unspecified atom stereocenters. The Morgan fingerprint density at radius 1 is 1.21 bits per heavy atom. The van der Waals surface area contributed by atoms with Crippen LogP contribution in [0.25, 0.3) is 10.9 Å². The average molecular weight is 463 g/mol. The van der Waals surface area contributed by atoms with E-state index in [1.807, 2.05) is 0 Å². The number of azo groups is 1. The summed E-state index contributed by atoms with van der Waals surface area (Å²) < 4.78 is 26.1. The van der Waals surface area contributed by atoms with Crippen molar-refractivity contribution in [2.75, 3.05) is 6.54 Å². The number of hydrogen-bond donors (Lipinski definition) is 2. The number of aromatic nitrogens is 1. The lowest BCUT2D eigenvalue weighted by molar-refractivity contribution is -0.118. The summed E-state index contributed by atoms with van der Waals surface area (Å²) in [7, 11) is -4.11. The molecule has 1 aliphatic rings. The summed E-state index contributed by atoms with van der Waals surface area (Å²) in [5.41, 5.74) is 0.616. The molecule has 2 aromatic carbocycles. The van der Waals surface area contributed by atoms with Gasteiger partial charge in [-0.2, -0.15) is 0 Å². The van der Waals surface area contributed by atoms with Crippen molar-refractivity contribution in [3.63, 3.8) is 0 Å². The number of carbonyl (C=O) groups excluding carboxylic acids is 2. The highest BCUT2D eigenvalue weighted by atomic mass is 79.9. The van der Waals surface area contributed by atoms with Gasteiger partial charge in [-0.05, 0) is 30.3 Å². The van der Waals surface area contributed by atoms with Crippen LogP contribution < -0.4 is 0 Å². The summed E-state index contributed by atoms with van der Waals surface area (Å²) in [5.74, 6) is -2.03. The maximum Gasteiger partial charge on any atom is 0.285 e. The number of fused-ring (bicyclic) bond motifs is 2. The van der Waals surface area contributed by atoms with E-state index in [0.717, 1.165) is 4.47 Å². The van der Waals surface area contributed by atoms with Gasteiger partial charge in [0, 0.05) is 9.86 Å². The molecule has 0 aliphatic carbocycles. The molecule has 142 valence electrons. The maximum absolute atomic E-state index is 12.5. The van der Waals surface area contributed by atoms with Crippen molar-refractivity contribution in [3.8, 4) is 5.88 Å². The summed E-state index contributed by atoms with van der Waals surface area (Å²) in [6, 6.07) is 10.8. The summed E-state index contributed by atoms with van der Waals surface area (Å²) in [5, 5.41) is 17.7. The molecule has 0 spiro atoms. The van der Waals surface area contributed by atoms with E-state index in [4.69, 9.17) is 0 Å². The number of sulfonamides is 1. The number of halogens is 1. The van der Waals surface area contributed by atoms with Crippen LogP contribution in [0, 0.1) is 0 Å². The molecule has 4 rings (SSSR count). The summed E-state index contributed by atoms with van der Waals surface area (Å²) in [6.45, 7) is -0.786. The van der Waals surface area contributed by atoms with E-state index in [1.54, 1.807) is 18.2 Å². The Morgan fingerprint density at radius 2 is 1.96 bits per heavy atom. The zero-order valence-electron chi connectivity index (χ0n) is 14.0. The average Bonchev–Trinajstić information content (AvgIpc) is 3.06. The van der Waals surface area contributed by atoms with E-state index in [0.29, 0.717) is 15.2 Å². The monoisotopic (exact) mass is 462 g/mol. The predicted molar refractivity (Wildman–Crippen MR) is 102 cm³/mol. The highest BCUT2D eigenvalue weighted by Crippen LogP contribution is 2.37. The molecule has 1 aliphatic heterocycles. The zero-order valence-corrected chi connectivity index (χ0v) is 16.4. The SMILES string of the molecule is O=C(CN1C(=O)c2ccccc2S1(=O)=O)N=Nc1c(O)[nH]c2ccc(Br)cc12. The van der Waals surface area contributed by atoms with Crippen molar-refractivity contribution < 1.29 is 23.1 Å². The molecule has 11 heteroatoms. The Labute approximate surface area is 166 Å². The fourth-order valence-electron chi connectivity index (χ4n) is 2.88. The first-order valence-corrected chi connectivity index (χ1v) is 10.1. The van der Waals surface area contributed by atoms with Gasteiger partial charge in [0.2, 0.25) is 5.88 Å². The number of aromatic amines is 1. The third kappa shape index (κ3) is 2.88. The van der Waals surface area contributed by atoms with Crippen LogP contribution in [0.4, 0.5) is 5.69 Å². The van der Waals surface area contributed by atoms with E-state index < -0.39 is 28.4 Å². The molecule has 2 N–H and O–H groups in total. The Hall–Kier alpha value is -3.05. The molecule has 2 amide bonds. The molecule has 0 atom stereocenters. The Balaban J connectivity index is 1.60. The maximum atomic E-state index is 12.5.